The highest BCUT2D eigenvalue weighted by Crippen LogP contribution is 2.39. The molecule has 1 aliphatic carbocycles. The van der Waals surface area contributed by atoms with Gasteiger partial charge < -0.3 is 10.4 Å². The Morgan fingerprint density at radius 1 is 1.52 bits per heavy atom. The lowest BCUT2D eigenvalue weighted by Gasteiger charge is -2.24. The van der Waals surface area contributed by atoms with Crippen molar-refractivity contribution in [3.8, 4) is 0 Å². The lowest BCUT2D eigenvalue weighted by atomic mass is 9.86. The summed E-state index contributed by atoms with van der Waals surface area (Å²) in [6, 6.07) is 0. The quantitative estimate of drug-likeness (QED) is 0.615. The fourth-order valence-electron chi connectivity index (χ4n) is 2.97. The number of rotatable bonds is 6. The number of aliphatic carboxylic acids is 1. The number of carboxylic acid groups (broad SMARTS) is 1. The van der Waals surface area contributed by atoms with Crippen molar-refractivity contribution in [2.24, 2.45) is 5.41 Å². The Labute approximate surface area is 122 Å². The Morgan fingerprint density at radius 3 is 2.62 bits per heavy atom. The summed E-state index contributed by atoms with van der Waals surface area (Å²) in [5.74, 6) is -0.540. The number of carboxylic acids is 1. The standard InChI is InChI=1S/C13H20N4O4/c1-3-16-11(10(17(20)21)9(2)15-16)14-8-13(12(18)19)6-4-5-7-13/h14H,3-8H2,1-2H3,(H,18,19). The Morgan fingerprint density at radius 2 is 2.14 bits per heavy atom. The molecule has 116 valence electrons. The lowest BCUT2D eigenvalue weighted by molar-refractivity contribution is -0.384. The Balaban J connectivity index is 2.27. The van der Waals surface area contributed by atoms with Crippen LogP contribution in [-0.2, 0) is 11.3 Å². The largest absolute Gasteiger partial charge is 0.481 e. The molecule has 0 bridgehead atoms. The fraction of sp³-hybridized carbons (Fsp3) is 0.692. The first kappa shape index (κ1) is 15.3. The molecule has 2 N–H and O–H groups in total. The predicted octanol–water partition coefficient (Wildman–Crippen LogP) is 2.18. The van der Waals surface area contributed by atoms with Crippen molar-refractivity contribution >= 4 is 17.5 Å². The number of hydrogen-bond acceptors (Lipinski definition) is 5. The average Bonchev–Trinajstić information content (AvgIpc) is 3.01. The van der Waals surface area contributed by atoms with E-state index in [-0.39, 0.29) is 12.2 Å². The number of aryl methyl sites for hydroxylation is 2. The summed E-state index contributed by atoms with van der Waals surface area (Å²) < 4.78 is 1.51. The van der Waals surface area contributed by atoms with Crippen molar-refractivity contribution in [1.82, 2.24) is 9.78 Å². The van der Waals surface area contributed by atoms with Crippen molar-refractivity contribution in [2.45, 2.75) is 46.1 Å². The Hall–Kier alpha value is -2.12. The van der Waals surface area contributed by atoms with E-state index in [1.54, 1.807) is 6.92 Å². The Kier molecular flexibility index (Phi) is 4.15. The fourth-order valence-corrected chi connectivity index (χ4v) is 2.97. The van der Waals surface area contributed by atoms with Crippen LogP contribution in [-0.4, -0.2) is 32.3 Å². The SMILES string of the molecule is CCn1nc(C)c([N+](=O)[O-])c1NCC1(C(=O)O)CCCC1. The number of hydrogen-bond donors (Lipinski definition) is 2. The molecule has 1 heterocycles. The minimum Gasteiger partial charge on any atom is -0.481 e. The van der Waals surface area contributed by atoms with E-state index in [1.807, 2.05) is 6.92 Å². The van der Waals surface area contributed by atoms with E-state index in [1.165, 1.54) is 4.68 Å². The van der Waals surface area contributed by atoms with Crippen LogP contribution in [0.2, 0.25) is 0 Å². The first-order chi connectivity index (χ1) is 9.91. The molecule has 0 amide bonds. The molecule has 1 saturated carbocycles. The van der Waals surface area contributed by atoms with E-state index in [0.29, 0.717) is 30.9 Å². The maximum atomic E-state index is 11.5. The van der Waals surface area contributed by atoms with Crippen LogP contribution in [0.1, 0.15) is 38.3 Å². The molecule has 1 aromatic heterocycles. The molecule has 1 fully saturated rings. The van der Waals surface area contributed by atoms with Gasteiger partial charge in [-0.15, -0.1) is 0 Å². The number of aromatic nitrogens is 2. The zero-order chi connectivity index (χ0) is 15.6. The van der Waals surface area contributed by atoms with Gasteiger partial charge in [-0.1, -0.05) is 12.8 Å². The first-order valence-electron chi connectivity index (χ1n) is 7.10. The van der Waals surface area contributed by atoms with E-state index < -0.39 is 16.3 Å². The van der Waals surface area contributed by atoms with Crippen molar-refractivity contribution in [1.29, 1.82) is 0 Å². The molecule has 0 saturated heterocycles. The van der Waals surface area contributed by atoms with Gasteiger partial charge in [0, 0.05) is 13.1 Å². The smallest absolute Gasteiger partial charge is 0.333 e. The van der Waals surface area contributed by atoms with Crippen LogP contribution < -0.4 is 5.32 Å². The molecule has 0 radical (unpaired) electrons. The highest BCUT2D eigenvalue weighted by Gasteiger charge is 2.42. The molecule has 0 aromatic carbocycles. The molecular weight excluding hydrogens is 276 g/mol. The third-order valence-corrected chi connectivity index (χ3v) is 4.19. The van der Waals surface area contributed by atoms with Crippen molar-refractivity contribution in [3.63, 3.8) is 0 Å². The number of nitrogens with one attached hydrogen (secondary N) is 1. The van der Waals surface area contributed by atoms with Gasteiger partial charge in [-0.3, -0.25) is 14.9 Å². The van der Waals surface area contributed by atoms with Gasteiger partial charge in [0.15, 0.2) is 0 Å². The van der Waals surface area contributed by atoms with Crippen LogP contribution in [0.3, 0.4) is 0 Å². The summed E-state index contributed by atoms with van der Waals surface area (Å²) in [5.41, 5.74) is -0.569. The monoisotopic (exact) mass is 296 g/mol. The summed E-state index contributed by atoms with van der Waals surface area (Å²) in [6.07, 6.45) is 2.95. The molecule has 0 spiro atoms. The van der Waals surface area contributed by atoms with E-state index in [0.717, 1.165) is 12.8 Å². The minimum atomic E-state index is -0.838. The maximum Gasteiger partial charge on any atom is 0.333 e. The summed E-state index contributed by atoms with van der Waals surface area (Å²) in [6.45, 7) is 4.09. The highest BCUT2D eigenvalue weighted by atomic mass is 16.6. The van der Waals surface area contributed by atoms with Gasteiger partial charge in [-0.2, -0.15) is 5.10 Å². The second kappa shape index (κ2) is 5.71. The van der Waals surface area contributed by atoms with Crippen LogP contribution in [0.15, 0.2) is 0 Å². The molecule has 0 atom stereocenters. The van der Waals surface area contributed by atoms with Crippen LogP contribution in [0.4, 0.5) is 11.5 Å². The molecule has 0 aliphatic heterocycles. The topological polar surface area (TPSA) is 110 Å². The average molecular weight is 296 g/mol. The minimum absolute atomic E-state index is 0.0737. The van der Waals surface area contributed by atoms with Gasteiger partial charge in [0.05, 0.1) is 10.3 Å². The number of nitro groups is 1. The number of carbonyl (C=O) groups is 1. The molecule has 8 nitrogen and oxygen atoms in total. The zero-order valence-electron chi connectivity index (χ0n) is 12.3. The van der Waals surface area contributed by atoms with Crippen LogP contribution in [0, 0.1) is 22.5 Å². The highest BCUT2D eigenvalue weighted by molar-refractivity contribution is 5.76. The summed E-state index contributed by atoms with van der Waals surface area (Å²) in [5, 5.41) is 27.7. The third-order valence-electron chi connectivity index (χ3n) is 4.19. The van der Waals surface area contributed by atoms with Crippen LogP contribution in [0.5, 0.6) is 0 Å². The molecular formula is C13H20N4O4. The third kappa shape index (κ3) is 2.70. The summed E-state index contributed by atoms with van der Waals surface area (Å²) in [4.78, 5) is 22.2. The zero-order valence-corrected chi connectivity index (χ0v) is 12.3. The second-order valence-electron chi connectivity index (χ2n) is 5.50. The number of anilines is 1. The summed E-state index contributed by atoms with van der Waals surface area (Å²) in [7, 11) is 0. The Bertz CT molecular complexity index is 561. The van der Waals surface area contributed by atoms with Gasteiger partial charge in [-0.25, -0.2) is 4.68 Å². The van der Waals surface area contributed by atoms with Crippen LogP contribution >= 0.6 is 0 Å². The van der Waals surface area contributed by atoms with Gasteiger partial charge in [0.2, 0.25) is 5.82 Å². The van der Waals surface area contributed by atoms with Crippen LogP contribution in [0.25, 0.3) is 0 Å². The molecule has 1 aromatic rings. The molecule has 1 aliphatic rings. The van der Waals surface area contributed by atoms with Crippen molar-refractivity contribution in [2.75, 3.05) is 11.9 Å². The summed E-state index contributed by atoms with van der Waals surface area (Å²) >= 11 is 0. The maximum absolute atomic E-state index is 11.5. The van der Waals surface area contributed by atoms with Crippen molar-refractivity contribution < 1.29 is 14.8 Å². The van der Waals surface area contributed by atoms with Gasteiger partial charge >= 0.3 is 11.7 Å². The first-order valence-corrected chi connectivity index (χ1v) is 7.10. The lowest BCUT2D eigenvalue weighted by Crippen LogP contribution is -2.35. The van der Waals surface area contributed by atoms with E-state index in [4.69, 9.17) is 0 Å². The normalized spacial score (nSPS) is 16.9. The predicted molar refractivity (Wildman–Crippen MR) is 76.3 cm³/mol. The number of nitrogens with zero attached hydrogens (tertiary/aromatic N) is 3. The molecule has 8 heteroatoms. The van der Waals surface area contributed by atoms with E-state index in [2.05, 4.69) is 10.4 Å². The molecule has 0 unspecified atom stereocenters. The van der Waals surface area contributed by atoms with Crippen molar-refractivity contribution in [3.05, 3.63) is 15.8 Å². The van der Waals surface area contributed by atoms with Gasteiger partial charge in [0.25, 0.3) is 0 Å². The van der Waals surface area contributed by atoms with Gasteiger partial charge in [0.1, 0.15) is 5.69 Å². The molecule has 21 heavy (non-hydrogen) atoms. The molecule has 2 rings (SSSR count). The van der Waals surface area contributed by atoms with Gasteiger partial charge in [-0.05, 0) is 26.7 Å². The van der Waals surface area contributed by atoms with E-state index >= 15 is 0 Å². The van der Waals surface area contributed by atoms with E-state index in [9.17, 15) is 20.0 Å². The second-order valence-corrected chi connectivity index (χ2v) is 5.50.